The first-order valence-electron chi connectivity index (χ1n) is 6.90. The molecule has 1 aromatic rings. The number of aryl methyl sites for hydroxylation is 1. The van der Waals surface area contributed by atoms with Crippen molar-refractivity contribution in [3.63, 3.8) is 0 Å². The SMILES string of the molecule is CC.CCCC(C)Cc1ncc(CC)cc1N. The first-order valence-corrected chi connectivity index (χ1v) is 6.90. The van der Waals surface area contributed by atoms with Gasteiger partial charge in [0.1, 0.15) is 0 Å². The maximum atomic E-state index is 5.98. The summed E-state index contributed by atoms with van der Waals surface area (Å²) in [6.07, 6.45) is 6.43. The molecule has 0 fully saturated rings. The van der Waals surface area contributed by atoms with Crippen LogP contribution in [0.15, 0.2) is 12.3 Å². The molecule has 2 heteroatoms. The van der Waals surface area contributed by atoms with Gasteiger partial charge in [-0.15, -0.1) is 0 Å². The van der Waals surface area contributed by atoms with E-state index in [-0.39, 0.29) is 0 Å². The molecule has 0 bridgehead atoms. The zero-order valence-electron chi connectivity index (χ0n) is 12.1. The normalized spacial score (nSPS) is 11.6. The average molecular weight is 236 g/mol. The molecular formula is C15H28N2. The highest BCUT2D eigenvalue weighted by Gasteiger charge is 2.07. The van der Waals surface area contributed by atoms with E-state index in [4.69, 9.17) is 5.73 Å². The van der Waals surface area contributed by atoms with Gasteiger partial charge in [0.05, 0.1) is 11.4 Å². The van der Waals surface area contributed by atoms with Crippen LogP contribution in [0.1, 0.15) is 58.7 Å². The minimum atomic E-state index is 0.678. The third-order valence-electron chi connectivity index (χ3n) is 2.79. The van der Waals surface area contributed by atoms with Crippen LogP contribution in [0, 0.1) is 5.92 Å². The third-order valence-corrected chi connectivity index (χ3v) is 2.79. The molecule has 1 heterocycles. The van der Waals surface area contributed by atoms with Crippen molar-refractivity contribution in [2.24, 2.45) is 5.92 Å². The highest BCUT2D eigenvalue weighted by molar-refractivity contribution is 5.45. The molecule has 1 atom stereocenters. The van der Waals surface area contributed by atoms with Gasteiger partial charge in [-0.3, -0.25) is 4.98 Å². The second-order valence-electron chi connectivity index (χ2n) is 4.33. The summed E-state index contributed by atoms with van der Waals surface area (Å²) >= 11 is 0. The maximum absolute atomic E-state index is 5.98. The summed E-state index contributed by atoms with van der Waals surface area (Å²) in [5, 5.41) is 0. The number of pyridine rings is 1. The maximum Gasteiger partial charge on any atom is 0.0635 e. The Balaban J connectivity index is 0.00000121. The lowest BCUT2D eigenvalue weighted by atomic mass is 9.99. The zero-order chi connectivity index (χ0) is 13.3. The molecule has 1 aromatic heterocycles. The Labute approximate surface area is 107 Å². The quantitative estimate of drug-likeness (QED) is 0.831. The highest BCUT2D eigenvalue weighted by atomic mass is 14.7. The summed E-state index contributed by atoms with van der Waals surface area (Å²) in [5.41, 5.74) is 9.12. The van der Waals surface area contributed by atoms with Gasteiger partial charge < -0.3 is 5.73 Å². The van der Waals surface area contributed by atoms with E-state index >= 15 is 0 Å². The lowest BCUT2D eigenvalue weighted by Crippen LogP contribution is -2.05. The largest absolute Gasteiger partial charge is 0.397 e. The smallest absolute Gasteiger partial charge is 0.0635 e. The molecule has 0 radical (unpaired) electrons. The van der Waals surface area contributed by atoms with E-state index in [9.17, 15) is 0 Å². The minimum absolute atomic E-state index is 0.678. The van der Waals surface area contributed by atoms with E-state index in [2.05, 4.69) is 31.8 Å². The molecule has 98 valence electrons. The Kier molecular flexibility index (Phi) is 8.47. The van der Waals surface area contributed by atoms with Crippen LogP contribution < -0.4 is 5.73 Å². The van der Waals surface area contributed by atoms with Gasteiger partial charge in [-0.05, 0) is 30.4 Å². The Morgan fingerprint density at radius 1 is 1.29 bits per heavy atom. The molecule has 0 aliphatic carbocycles. The van der Waals surface area contributed by atoms with Crippen LogP contribution >= 0.6 is 0 Å². The number of nitrogen functional groups attached to an aromatic ring is 1. The van der Waals surface area contributed by atoms with Crippen molar-refractivity contribution in [1.82, 2.24) is 4.98 Å². The minimum Gasteiger partial charge on any atom is -0.397 e. The van der Waals surface area contributed by atoms with Crippen LogP contribution in [0.25, 0.3) is 0 Å². The van der Waals surface area contributed by atoms with Crippen molar-refractivity contribution in [3.05, 3.63) is 23.5 Å². The fourth-order valence-electron chi connectivity index (χ4n) is 1.84. The molecular weight excluding hydrogens is 208 g/mol. The lowest BCUT2D eigenvalue weighted by molar-refractivity contribution is 0.517. The second kappa shape index (κ2) is 9.03. The summed E-state index contributed by atoms with van der Waals surface area (Å²) < 4.78 is 0. The van der Waals surface area contributed by atoms with Gasteiger partial charge in [-0.1, -0.05) is 47.5 Å². The number of hydrogen-bond donors (Lipinski definition) is 1. The van der Waals surface area contributed by atoms with Gasteiger partial charge in [0.2, 0.25) is 0 Å². The summed E-state index contributed by atoms with van der Waals surface area (Å²) in [6, 6.07) is 2.06. The van der Waals surface area contributed by atoms with Crippen LogP contribution in [0.3, 0.4) is 0 Å². The summed E-state index contributed by atoms with van der Waals surface area (Å²) in [7, 11) is 0. The van der Waals surface area contributed by atoms with Crippen LogP contribution in [-0.2, 0) is 12.8 Å². The van der Waals surface area contributed by atoms with E-state index in [1.54, 1.807) is 0 Å². The van der Waals surface area contributed by atoms with E-state index in [0.29, 0.717) is 5.92 Å². The van der Waals surface area contributed by atoms with Crippen LogP contribution in [0.5, 0.6) is 0 Å². The highest BCUT2D eigenvalue weighted by Crippen LogP contribution is 2.18. The van der Waals surface area contributed by atoms with Crippen LogP contribution in [-0.4, -0.2) is 4.98 Å². The first-order chi connectivity index (χ1) is 8.17. The molecule has 0 aliphatic heterocycles. The van der Waals surface area contributed by atoms with Crippen molar-refractivity contribution in [2.45, 2.75) is 60.3 Å². The topological polar surface area (TPSA) is 38.9 Å². The summed E-state index contributed by atoms with van der Waals surface area (Å²) in [4.78, 5) is 4.45. The Bertz CT molecular complexity index is 308. The number of rotatable bonds is 5. The van der Waals surface area contributed by atoms with Gasteiger partial charge in [-0.2, -0.15) is 0 Å². The third kappa shape index (κ3) is 5.71. The number of anilines is 1. The van der Waals surface area contributed by atoms with Gasteiger partial charge in [0.15, 0.2) is 0 Å². The monoisotopic (exact) mass is 236 g/mol. The summed E-state index contributed by atoms with van der Waals surface area (Å²) in [5.74, 6) is 0.678. The molecule has 0 spiro atoms. The molecule has 0 aliphatic rings. The molecule has 17 heavy (non-hydrogen) atoms. The predicted octanol–water partition coefficient (Wildman–Crippen LogP) is 4.23. The van der Waals surface area contributed by atoms with Crippen molar-refractivity contribution in [2.75, 3.05) is 5.73 Å². The summed E-state index contributed by atoms with van der Waals surface area (Å²) in [6.45, 7) is 10.6. The van der Waals surface area contributed by atoms with E-state index in [1.807, 2.05) is 20.0 Å². The average Bonchev–Trinajstić information content (AvgIpc) is 2.34. The first kappa shape index (κ1) is 16.0. The zero-order valence-corrected chi connectivity index (χ0v) is 12.1. The van der Waals surface area contributed by atoms with Gasteiger partial charge in [0.25, 0.3) is 0 Å². The molecule has 1 rings (SSSR count). The Morgan fingerprint density at radius 2 is 1.94 bits per heavy atom. The van der Waals surface area contributed by atoms with Crippen LogP contribution in [0.2, 0.25) is 0 Å². The van der Waals surface area contributed by atoms with E-state index in [0.717, 1.165) is 24.2 Å². The molecule has 2 N–H and O–H groups in total. The molecule has 0 saturated carbocycles. The fraction of sp³-hybridized carbons (Fsp3) is 0.667. The van der Waals surface area contributed by atoms with Gasteiger partial charge >= 0.3 is 0 Å². The number of nitrogens with zero attached hydrogens (tertiary/aromatic N) is 1. The fourth-order valence-corrected chi connectivity index (χ4v) is 1.84. The molecule has 1 unspecified atom stereocenters. The molecule has 0 aromatic carbocycles. The predicted molar refractivity (Wildman–Crippen MR) is 77.2 cm³/mol. The molecule has 0 amide bonds. The lowest BCUT2D eigenvalue weighted by Gasteiger charge is -2.11. The van der Waals surface area contributed by atoms with E-state index < -0.39 is 0 Å². The molecule has 0 saturated heterocycles. The second-order valence-corrected chi connectivity index (χ2v) is 4.33. The van der Waals surface area contributed by atoms with Crippen molar-refractivity contribution in [3.8, 4) is 0 Å². The number of nitrogens with two attached hydrogens (primary N) is 1. The Hall–Kier alpha value is -1.05. The van der Waals surface area contributed by atoms with Gasteiger partial charge in [-0.25, -0.2) is 0 Å². The van der Waals surface area contributed by atoms with Crippen molar-refractivity contribution in [1.29, 1.82) is 0 Å². The van der Waals surface area contributed by atoms with Crippen molar-refractivity contribution < 1.29 is 0 Å². The molecule has 2 nitrogen and oxygen atoms in total. The van der Waals surface area contributed by atoms with Crippen LogP contribution in [0.4, 0.5) is 5.69 Å². The van der Waals surface area contributed by atoms with Gasteiger partial charge in [0, 0.05) is 6.20 Å². The number of aromatic nitrogens is 1. The van der Waals surface area contributed by atoms with E-state index in [1.165, 1.54) is 18.4 Å². The van der Waals surface area contributed by atoms with Crippen molar-refractivity contribution >= 4 is 5.69 Å². The number of hydrogen-bond acceptors (Lipinski definition) is 2. The standard InChI is InChI=1S/C13H22N2.C2H6/c1-4-6-10(3)7-13-12(14)8-11(5-2)9-15-13;1-2/h8-10H,4-7,14H2,1-3H3;1-2H3. The Morgan fingerprint density at radius 3 is 2.41 bits per heavy atom.